The molecular formula is C12H16N2O2. The van der Waals surface area contributed by atoms with Crippen LogP contribution in [0.3, 0.4) is 0 Å². The summed E-state index contributed by atoms with van der Waals surface area (Å²) < 4.78 is 0. The van der Waals surface area contributed by atoms with Gasteiger partial charge in [-0.25, -0.2) is 0 Å². The molecule has 0 aromatic carbocycles. The van der Waals surface area contributed by atoms with Gasteiger partial charge in [-0.3, -0.25) is 9.78 Å². The number of aliphatic hydroxyl groups is 1. The van der Waals surface area contributed by atoms with Crippen molar-refractivity contribution in [1.82, 2.24) is 9.88 Å². The highest BCUT2D eigenvalue weighted by atomic mass is 16.3. The van der Waals surface area contributed by atoms with Gasteiger partial charge in [-0.1, -0.05) is 6.07 Å². The summed E-state index contributed by atoms with van der Waals surface area (Å²) in [6, 6.07) is 3.81. The van der Waals surface area contributed by atoms with Gasteiger partial charge in [0.05, 0.1) is 30.8 Å². The summed E-state index contributed by atoms with van der Waals surface area (Å²) in [7, 11) is 0. The third-order valence-corrected chi connectivity index (χ3v) is 2.85. The largest absolute Gasteiger partial charge is 0.386 e. The highest BCUT2D eigenvalue weighted by Gasteiger charge is 2.39. The van der Waals surface area contributed by atoms with Gasteiger partial charge in [0.25, 0.3) is 0 Å². The van der Waals surface area contributed by atoms with Gasteiger partial charge in [0.15, 0.2) is 0 Å². The first kappa shape index (κ1) is 11.1. The van der Waals surface area contributed by atoms with Crippen molar-refractivity contribution in [3.05, 3.63) is 29.6 Å². The van der Waals surface area contributed by atoms with E-state index >= 15 is 0 Å². The quantitative estimate of drug-likeness (QED) is 0.790. The van der Waals surface area contributed by atoms with Gasteiger partial charge in [0.1, 0.15) is 0 Å². The molecule has 0 radical (unpaired) electrons. The van der Waals surface area contributed by atoms with Crippen LogP contribution < -0.4 is 0 Å². The molecular weight excluding hydrogens is 204 g/mol. The van der Waals surface area contributed by atoms with Crippen molar-refractivity contribution in [2.24, 2.45) is 0 Å². The maximum Gasteiger partial charge on any atom is 0.228 e. The molecule has 0 atom stereocenters. The van der Waals surface area contributed by atoms with E-state index in [0.717, 1.165) is 11.3 Å². The van der Waals surface area contributed by atoms with Crippen molar-refractivity contribution >= 4 is 5.91 Å². The van der Waals surface area contributed by atoms with Crippen LogP contribution in [0.1, 0.15) is 18.2 Å². The fourth-order valence-electron chi connectivity index (χ4n) is 1.91. The second-order valence-electron chi connectivity index (χ2n) is 4.69. The van der Waals surface area contributed by atoms with Crippen LogP contribution in [-0.4, -0.2) is 39.6 Å². The number of hydrogen-bond donors (Lipinski definition) is 1. The Morgan fingerprint density at radius 1 is 1.62 bits per heavy atom. The smallest absolute Gasteiger partial charge is 0.228 e. The van der Waals surface area contributed by atoms with E-state index in [-0.39, 0.29) is 5.91 Å². The van der Waals surface area contributed by atoms with E-state index in [1.54, 1.807) is 18.0 Å². The molecule has 0 spiro atoms. The van der Waals surface area contributed by atoms with E-state index in [9.17, 15) is 9.90 Å². The minimum Gasteiger partial charge on any atom is -0.386 e. The van der Waals surface area contributed by atoms with Crippen LogP contribution in [0.2, 0.25) is 0 Å². The van der Waals surface area contributed by atoms with Gasteiger partial charge in [-0.2, -0.15) is 0 Å². The number of β-amino-alcohol motifs (C(OH)–C–C–N with tert-alkyl or cyclic N) is 1. The maximum atomic E-state index is 11.8. The Morgan fingerprint density at radius 2 is 2.31 bits per heavy atom. The van der Waals surface area contributed by atoms with Crippen molar-refractivity contribution in [3.8, 4) is 0 Å². The molecule has 2 rings (SSSR count). The zero-order valence-corrected chi connectivity index (χ0v) is 9.60. The van der Waals surface area contributed by atoms with Gasteiger partial charge in [-0.15, -0.1) is 0 Å². The van der Waals surface area contributed by atoms with E-state index in [0.29, 0.717) is 19.5 Å². The van der Waals surface area contributed by atoms with Gasteiger partial charge in [0.2, 0.25) is 5.91 Å². The van der Waals surface area contributed by atoms with Gasteiger partial charge in [0, 0.05) is 6.20 Å². The molecule has 2 heterocycles. The first-order chi connectivity index (χ1) is 7.48. The molecule has 0 saturated carbocycles. The molecule has 0 aliphatic carbocycles. The molecule has 86 valence electrons. The van der Waals surface area contributed by atoms with E-state index < -0.39 is 5.60 Å². The minimum absolute atomic E-state index is 0.0355. The van der Waals surface area contributed by atoms with Gasteiger partial charge >= 0.3 is 0 Å². The lowest BCUT2D eigenvalue weighted by Gasteiger charge is -2.44. The highest BCUT2D eigenvalue weighted by molar-refractivity contribution is 5.79. The summed E-state index contributed by atoms with van der Waals surface area (Å²) in [6.07, 6.45) is 2.02. The molecule has 0 bridgehead atoms. The number of likely N-dealkylation sites (tertiary alicyclic amines) is 1. The van der Waals surface area contributed by atoms with Crippen molar-refractivity contribution in [2.45, 2.75) is 25.9 Å². The number of aromatic nitrogens is 1. The number of nitrogens with zero attached hydrogens (tertiary/aromatic N) is 2. The summed E-state index contributed by atoms with van der Waals surface area (Å²) >= 11 is 0. The van der Waals surface area contributed by atoms with E-state index in [1.165, 1.54) is 0 Å². The Bertz CT molecular complexity index is 407. The normalized spacial score (nSPS) is 18.1. The average molecular weight is 220 g/mol. The van der Waals surface area contributed by atoms with Crippen LogP contribution in [0.5, 0.6) is 0 Å². The summed E-state index contributed by atoms with van der Waals surface area (Å²) in [5.41, 5.74) is 1.15. The minimum atomic E-state index is -0.700. The van der Waals surface area contributed by atoms with Gasteiger partial charge in [-0.05, 0) is 25.5 Å². The lowest BCUT2D eigenvalue weighted by molar-refractivity contribution is -0.151. The van der Waals surface area contributed by atoms with E-state index in [2.05, 4.69) is 4.98 Å². The summed E-state index contributed by atoms with van der Waals surface area (Å²) in [5.74, 6) is 0.0355. The number of carbonyl (C=O) groups is 1. The Morgan fingerprint density at radius 3 is 2.88 bits per heavy atom. The zero-order chi connectivity index (χ0) is 11.8. The first-order valence-corrected chi connectivity index (χ1v) is 5.39. The Balaban J connectivity index is 1.96. The second-order valence-corrected chi connectivity index (χ2v) is 4.69. The molecule has 0 unspecified atom stereocenters. The van der Waals surface area contributed by atoms with Gasteiger partial charge < -0.3 is 10.0 Å². The summed E-state index contributed by atoms with van der Waals surface area (Å²) in [6.45, 7) is 4.54. The van der Waals surface area contributed by atoms with E-state index in [1.807, 2.05) is 19.1 Å². The molecule has 1 fully saturated rings. The molecule has 1 amide bonds. The number of carbonyl (C=O) groups excluding carboxylic acids is 1. The Hall–Kier alpha value is -1.42. The molecule has 1 aromatic rings. The monoisotopic (exact) mass is 220 g/mol. The predicted octanol–water partition coefficient (Wildman–Crippen LogP) is 0.526. The number of hydrogen-bond acceptors (Lipinski definition) is 3. The predicted molar refractivity (Wildman–Crippen MR) is 59.9 cm³/mol. The van der Waals surface area contributed by atoms with Crippen LogP contribution in [0.4, 0.5) is 0 Å². The van der Waals surface area contributed by atoms with Crippen LogP contribution in [0, 0.1) is 6.92 Å². The van der Waals surface area contributed by atoms with Crippen molar-refractivity contribution < 1.29 is 9.90 Å². The van der Waals surface area contributed by atoms with Crippen molar-refractivity contribution in [1.29, 1.82) is 0 Å². The van der Waals surface area contributed by atoms with Crippen molar-refractivity contribution in [2.75, 3.05) is 13.1 Å². The fraction of sp³-hybridized carbons (Fsp3) is 0.500. The molecule has 4 heteroatoms. The maximum absolute atomic E-state index is 11.8. The molecule has 16 heavy (non-hydrogen) atoms. The third kappa shape index (κ3) is 2.22. The van der Waals surface area contributed by atoms with E-state index in [4.69, 9.17) is 0 Å². The lowest BCUT2D eigenvalue weighted by atomic mass is 9.96. The molecule has 1 aliphatic heterocycles. The number of amides is 1. The van der Waals surface area contributed by atoms with Crippen molar-refractivity contribution in [3.63, 3.8) is 0 Å². The molecule has 1 saturated heterocycles. The summed E-state index contributed by atoms with van der Waals surface area (Å²) in [4.78, 5) is 17.7. The first-order valence-electron chi connectivity index (χ1n) is 5.39. The zero-order valence-electron chi connectivity index (χ0n) is 9.60. The SMILES string of the molecule is Cc1cccnc1CC(=O)N1CC(C)(O)C1. The number of pyridine rings is 1. The highest BCUT2D eigenvalue weighted by Crippen LogP contribution is 2.20. The second kappa shape index (κ2) is 3.87. The number of aryl methyl sites for hydroxylation is 1. The van der Waals surface area contributed by atoms with Crippen LogP contribution in [-0.2, 0) is 11.2 Å². The third-order valence-electron chi connectivity index (χ3n) is 2.85. The summed E-state index contributed by atoms with van der Waals surface area (Å²) in [5, 5.41) is 9.54. The van der Waals surface area contributed by atoms with Crippen LogP contribution >= 0.6 is 0 Å². The standard InChI is InChI=1S/C12H16N2O2/c1-9-4-3-5-13-10(9)6-11(15)14-7-12(2,16)8-14/h3-5,16H,6-8H2,1-2H3. The molecule has 1 aromatic heterocycles. The molecule has 1 N–H and O–H groups in total. The number of rotatable bonds is 2. The average Bonchev–Trinajstić information content (AvgIpc) is 2.17. The molecule has 4 nitrogen and oxygen atoms in total. The van der Waals surface area contributed by atoms with Crippen LogP contribution in [0.25, 0.3) is 0 Å². The topological polar surface area (TPSA) is 53.4 Å². The lowest BCUT2D eigenvalue weighted by Crippen LogP contribution is -2.62. The molecule has 1 aliphatic rings. The van der Waals surface area contributed by atoms with Crippen LogP contribution in [0.15, 0.2) is 18.3 Å². The fourth-order valence-corrected chi connectivity index (χ4v) is 1.91. The Kier molecular flexibility index (Phi) is 2.68. The Labute approximate surface area is 94.9 Å².